The van der Waals surface area contributed by atoms with Gasteiger partial charge in [0.2, 0.25) is 11.8 Å². The molecule has 0 aliphatic carbocycles. The van der Waals surface area contributed by atoms with Gasteiger partial charge in [0, 0.05) is 6.04 Å². The molecule has 2 fully saturated rings. The van der Waals surface area contributed by atoms with Gasteiger partial charge in [-0.3, -0.25) is 19.7 Å². The molecule has 150 valence electrons. The number of aryl methyl sites for hydroxylation is 1. The normalized spacial score (nSPS) is 28.6. The monoisotopic (exact) mass is 396 g/mol. The summed E-state index contributed by atoms with van der Waals surface area (Å²) in [5.74, 6) is -4.31. The first-order valence-electron chi connectivity index (χ1n) is 9.35. The molecule has 2 aliphatic heterocycles. The first kappa shape index (κ1) is 19.3. The molecule has 1 N–H and O–H groups in total. The molecule has 0 bridgehead atoms. The van der Waals surface area contributed by atoms with Gasteiger partial charge in [-0.25, -0.2) is 9.29 Å². The van der Waals surface area contributed by atoms with Crippen molar-refractivity contribution in [1.82, 2.24) is 5.32 Å². The number of hydrogen-bond donors (Lipinski definition) is 1. The van der Waals surface area contributed by atoms with Crippen molar-refractivity contribution < 1.29 is 23.5 Å². The summed E-state index contributed by atoms with van der Waals surface area (Å²) in [5.41, 5.74) is 0.209. The van der Waals surface area contributed by atoms with Crippen molar-refractivity contribution in [1.29, 1.82) is 0 Å². The van der Waals surface area contributed by atoms with E-state index in [9.17, 15) is 18.8 Å². The Balaban J connectivity index is 1.87. The predicted molar refractivity (Wildman–Crippen MR) is 103 cm³/mol. The van der Waals surface area contributed by atoms with Crippen LogP contribution in [-0.2, 0) is 19.1 Å². The average molecular weight is 396 g/mol. The van der Waals surface area contributed by atoms with Gasteiger partial charge >= 0.3 is 5.97 Å². The third kappa shape index (κ3) is 2.68. The number of rotatable bonds is 3. The highest BCUT2D eigenvalue weighted by atomic mass is 19.1. The van der Waals surface area contributed by atoms with Gasteiger partial charge in [-0.2, -0.15) is 0 Å². The zero-order valence-electron chi connectivity index (χ0n) is 16.3. The quantitative estimate of drug-likeness (QED) is 0.637. The van der Waals surface area contributed by atoms with Gasteiger partial charge < -0.3 is 4.74 Å². The molecule has 0 radical (unpaired) electrons. The zero-order valence-corrected chi connectivity index (χ0v) is 16.3. The molecule has 4 atom stereocenters. The van der Waals surface area contributed by atoms with E-state index in [4.69, 9.17) is 4.74 Å². The molecule has 4 rings (SSSR count). The number of halogens is 1. The molecular weight excluding hydrogens is 375 g/mol. The molecule has 7 heteroatoms. The van der Waals surface area contributed by atoms with Crippen molar-refractivity contribution in [3.63, 3.8) is 0 Å². The van der Waals surface area contributed by atoms with E-state index in [0.717, 1.165) is 16.0 Å². The number of benzene rings is 2. The van der Waals surface area contributed by atoms with Gasteiger partial charge in [0.1, 0.15) is 11.4 Å². The molecule has 6 nitrogen and oxygen atoms in total. The van der Waals surface area contributed by atoms with E-state index in [1.165, 1.54) is 25.3 Å². The molecule has 0 saturated carbocycles. The smallest absolute Gasteiger partial charge is 0.326 e. The summed E-state index contributed by atoms with van der Waals surface area (Å²) >= 11 is 0. The minimum atomic E-state index is -1.42. The van der Waals surface area contributed by atoms with Crippen LogP contribution in [0.2, 0.25) is 0 Å². The lowest BCUT2D eigenvalue weighted by molar-refractivity contribution is -0.151. The number of fused-ring (bicyclic) bond motifs is 1. The number of carbonyl (C=O) groups is 3. The Morgan fingerprint density at radius 2 is 1.76 bits per heavy atom. The van der Waals surface area contributed by atoms with Crippen LogP contribution >= 0.6 is 0 Å². The van der Waals surface area contributed by atoms with Gasteiger partial charge in [0.25, 0.3) is 0 Å². The molecule has 0 unspecified atom stereocenters. The number of amides is 2. The van der Waals surface area contributed by atoms with Crippen LogP contribution in [0.25, 0.3) is 0 Å². The number of hydrogen-bond acceptors (Lipinski definition) is 5. The predicted octanol–water partition coefficient (Wildman–Crippen LogP) is 2.52. The van der Waals surface area contributed by atoms with Crippen LogP contribution in [0.4, 0.5) is 10.1 Å². The minimum Gasteiger partial charge on any atom is -0.468 e. The number of nitrogens with zero attached hydrogens (tertiary/aromatic N) is 1. The van der Waals surface area contributed by atoms with Crippen LogP contribution < -0.4 is 10.2 Å². The van der Waals surface area contributed by atoms with Crippen molar-refractivity contribution in [2.45, 2.75) is 25.4 Å². The van der Waals surface area contributed by atoms with Crippen LogP contribution in [0.5, 0.6) is 0 Å². The number of para-hydroxylation sites is 1. The maximum atomic E-state index is 14.4. The number of esters is 1. The van der Waals surface area contributed by atoms with E-state index in [1.54, 1.807) is 13.0 Å². The standard InChI is InChI=1S/C22H21FN2O4/c1-12-8-4-5-9-13(12)18-16-17(22(2,24-18)21(28)29-3)20(27)25(19(16)26)15-11-7-6-10-14(15)23/h4-11,16-18,24H,1-3H3/t16-,17-,18+,22-/m0/s1. The summed E-state index contributed by atoms with van der Waals surface area (Å²) in [4.78, 5) is 40.3. The zero-order chi connectivity index (χ0) is 20.9. The Hall–Kier alpha value is -3.06. The third-order valence-corrected chi connectivity index (χ3v) is 6.01. The van der Waals surface area contributed by atoms with E-state index in [0.29, 0.717) is 0 Å². The molecule has 0 spiro atoms. The average Bonchev–Trinajstić information content (AvgIpc) is 3.16. The van der Waals surface area contributed by atoms with Crippen molar-refractivity contribution >= 4 is 23.5 Å². The van der Waals surface area contributed by atoms with Crippen molar-refractivity contribution in [2.24, 2.45) is 11.8 Å². The van der Waals surface area contributed by atoms with Crippen molar-refractivity contribution in [2.75, 3.05) is 12.0 Å². The number of nitrogens with one attached hydrogen (secondary N) is 1. The molecule has 2 amide bonds. The molecule has 2 saturated heterocycles. The fourth-order valence-corrected chi connectivity index (χ4v) is 4.61. The summed E-state index contributed by atoms with van der Waals surface area (Å²) in [6.45, 7) is 3.46. The molecule has 29 heavy (non-hydrogen) atoms. The summed E-state index contributed by atoms with van der Waals surface area (Å²) in [6.07, 6.45) is 0. The van der Waals surface area contributed by atoms with Crippen molar-refractivity contribution in [3.8, 4) is 0 Å². The topological polar surface area (TPSA) is 75.7 Å². The number of anilines is 1. The lowest BCUT2D eigenvalue weighted by atomic mass is 9.80. The van der Waals surface area contributed by atoms with Crippen LogP contribution in [0.3, 0.4) is 0 Å². The lowest BCUT2D eigenvalue weighted by Crippen LogP contribution is -2.54. The summed E-state index contributed by atoms with van der Waals surface area (Å²) in [7, 11) is 1.24. The first-order chi connectivity index (χ1) is 13.8. The number of methoxy groups -OCH3 is 1. The second-order valence-corrected chi connectivity index (χ2v) is 7.64. The molecule has 2 aromatic carbocycles. The van der Waals surface area contributed by atoms with Crippen LogP contribution in [0.15, 0.2) is 48.5 Å². The molecule has 0 aromatic heterocycles. The van der Waals surface area contributed by atoms with Gasteiger partial charge in [-0.05, 0) is 37.1 Å². The second-order valence-electron chi connectivity index (χ2n) is 7.64. The van der Waals surface area contributed by atoms with Gasteiger partial charge in [0.15, 0.2) is 0 Å². The Morgan fingerprint density at radius 3 is 2.41 bits per heavy atom. The largest absolute Gasteiger partial charge is 0.468 e. The Labute approximate surface area is 167 Å². The first-order valence-corrected chi connectivity index (χ1v) is 9.35. The van der Waals surface area contributed by atoms with E-state index in [2.05, 4.69) is 5.32 Å². The number of ether oxygens (including phenoxy) is 1. The fraction of sp³-hybridized carbons (Fsp3) is 0.318. The van der Waals surface area contributed by atoms with Crippen LogP contribution in [0, 0.1) is 24.6 Å². The maximum Gasteiger partial charge on any atom is 0.326 e. The summed E-state index contributed by atoms with van der Waals surface area (Å²) in [6, 6.07) is 12.5. The lowest BCUT2D eigenvalue weighted by Gasteiger charge is -2.29. The molecular formula is C22H21FN2O4. The van der Waals surface area contributed by atoms with Crippen molar-refractivity contribution in [3.05, 3.63) is 65.5 Å². The molecule has 2 aliphatic rings. The Kier molecular flexibility index (Phi) is 4.50. The van der Waals surface area contributed by atoms with Crippen LogP contribution in [0.1, 0.15) is 24.1 Å². The SMILES string of the molecule is COC(=O)[C@@]1(C)N[C@H](c2ccccc2C)[C@H]2C(=O)N(c3ccccc3F)C(=O)[C@H]21. The van der Waals surface area contributed by atoms with Crippen LogP contribution in [-0.4, -0.2) is 30.4 Å². The number of imide groups is 1. The summed E-state index contributed by atoms with van der Waals surface area (Å²) < 4.78 is 19.4. The summed E-state index contributed by atoms with van der Waals surface area (Å²) in [5, 5.41) is 3.19. The Morgan fingerprint density at radius 1 is 1.10 bits per heavy atom. The highest BCUT2D eigenvalue weighted by Crippen LogP contribution is 2.50. The molecule has 2 aromatic rings. The van der Waals surface area contributed by atoms with E-state index in [-0.39, 0.29) is 5.69 Å². The van der Waals surface area contributed by atoms with Gasteiger partial charge in [-0.15, -0.1) is 0 Å². The van der Waals surface area contributed by atoms with E-state index in [1.807, 2.05) is 31.2 Å². The van der Waals surface area contributed by atoms with Gasteiger partial charge in [0.05, 0.1) is 24.6 Å². The van der Waals surface area contributed by atoms with Gasteiger partial charge in [-0.1, -0.05) is 36.4 Å². The van der Waals surface area contributed by atoms with E-state index >= 15 is 0 Å². The molecule has 2 heterocycles. The van der Waals surface area contributed by atoms with E-state index < -0.39 is 47.0 Å². The highest BCUT2D eigenvalue weighted by molar-refractivity contribution is 6.24. The third-order valence-electron chi connectivity index (χ3n) is 6.01. The Bertz CT molecular complexity index is 1020. The second kappa shape index (κ2) is 6.77. The highest BCUT2D eigenvalue weighted by Gasteiger charge is 2.67. The maximum absolute atomic E-state index is 14.4. The fourth-order valence-electron chi connectivity index (χ4n) is 4.61. The number of carbonyl (C=O) groups excluding carboxylic acids is 3. The minimum absolute atomic E-state index is 0.104.